The molecule has 1 aromatic carbocycles. The third kappa shape index (κ3) is 2.86. The lowest BCUT2D eigenvalue weighted by Crippen LogP contribution is -2.08. The molecule has 3 atom stereocenters. The Kier molecular flexibility index (Phi) is 4.40. The molecule has 1 fully saturated rings. The predicted octanol–water partition coefficient (Wildman–Crippen LogP) is 6.46. The van der Waals surface area contributed by atoms with Crippen molar-refractivity contribution in [2.24, 2.45) is 17.3 Å². The van der Waals surface area contributed by atoms with Crippen molar-refractivity contribution in [3.63, 3.8) is 0 Å². The monoisotopic (exact) mass is 309 g/mol. The third-order valence-electron chi connectivity index (χ3n) is 5.85. The summed E-state index contributed by atoms with van der Waals surface area (Å²) in [6.07, 6.45) is 8.46. The minimum Gasteiger partial charge on any atom is -0.358 e. The van der Waals surface area contributed by atoms with Crippen molar-refractivity contribution in [1.29, 1.82) is 0 Å². The minimum atomic E-state index is 0.445. The summed E-state index contributed by atoms with van der Waals surface area (Å²) >= 11 is 0. The van der Waals surface area contributed by atoms with E-state index in [9.17, 15) is 0 Å². The van der Waals surface area contributed by atoms with Crippen LogP contribution in [0.5, 0.6) is 0 Å². The van der Waals surface area contributed by atoms with Crippen LogP contribution in [0.4, 0.5) is 0 Å². The van der Waals surface area contributed by atoms with Crippen LogP contribution >= 0.6 is 0 Å². The highest BCUT2D eigenvalue weighted by molar-refractivity contribution is 5.85. The molecule has 0 radical (unpaired) electrons. The van der Waals surface area contributed by atoms with Gasteiger partial charge in [0.1, 0.15) is 0 Å². The Morgan fingerprint density at radius 2 is 2.00 bits per heavy atom. The fourth-order valence-corrected chi connectivity index (χ4v) is 4.51. The Balaban J connectivity index is 1.99. The smallest absolute Gasteiger partial charge is 0.0459 e. The number of nitrogens with one attached hydrogen (secondary N) is 1. The van der Waals surface area contributed by atoms with Crippen LogP contribution in [0, 0.1) is 17.3 Å². The number of aromatic amines is 1. The first-order valence-corrected chi connectivity index (χ1v) is 9.25. The van der Waals surface area contributed by atoms with E-state index in [0.29, 0.717) is 17.3 Å². The number of rotatable bonds is 6. The first-order valence-electron chi connectivity index (χ1n) is 9.25. The Labute approximate surface area is 141 Å². The topological polar surface area (TPSA) is 15.8 Å². The van der Waals surface area contributed by atoms with Gasteiger partial charge in [0.2, 0.25) is 0 Å². The van der Waals surface area contributed by atoms with Gasteiger partial charge in [-0.25, -0.2) is 0 Å². The van der Waals surface area contributed by atoms with Crippen molar-refractivity contribution in [3.8, 4) is 0 Å². The zero-order chi connectivity index (χ0) is 16.6. The summed E-state index contributed by atoms with van der Waals surface area (Å²) in [6, 6.07) is 8.81. The molecule has 23 heavy (non-hydrogen) atoms. The van der Waals surface area contributed by atoms with Gasteiger partial charge in [-0.1, -0.05) is 58.0 Å². The molecule has 1 aliphatic rings. The van der Waals surface area contributed by atoms with Gasteiger partial charge >= 0.3 is 0 Å². The van der Waals surface area contributed by atoms with E-state index in [0.717, 1.165) is 5.92 Å². The van der Waals surface area contributed by atoms with Crippen molar-refractivity contribution >= 4 is 10.9 Å². The van der Waals surface area contributed by atoms with Gasteiger partial charge in [-0.05, 0) is 55.1 Å². The summed E-state index contributed by atoms with van der Waals surface area (Å²) in [5.74, 6) is 2.07. The van der Waals surface area contributed by atoms with Crippen molar-refractivity contribution < 1.29 is 0 Å². The Bertz CT molecular complexity index is 706. The molecule has 1 saturated carbocycles. The van der Waals surface area contributed by atoms with Gasteiger partial charge in [0.25, 0.3) is 0 Å². The van der Waals surface area contributed by atoms with Crippen molar-refractivity contribution in [2.75, 3.05) is 0 Å². The van der Waals surface area contributed by atoms with Gasteiger partial charge in [-0.3, -0.25) is 0 Å². The maximum absolute atomic E-state index is 3.77. The first-order chi connectivity index (χ1) is 11.0. The molecule has 124 valence electrons. The van der Waals surface area contributed by atoms with E-state index in [1.165, 1.54) is 35.9 Å². The van der Waals surface area contributed by atoms with Gasteiger partial charge < -0.3 is 4.98 Å². The lowest BCUT2D eigenvalue weighted by molar-refractivity contribution is 0.488. The molecule has 0 spiro atoms. The molecule has 0 aliphatic heterocycles. The largest absolute Gasteiger partial charge is 0.358 e. The summed E-state index contributed by atoms with van der Waals surface area (Å²) in [4.78, 5) is 3.77. The number of para-hydroxylation sites is 1. The zero-order valence-corrected chi connectivity index (χ0v) is 15.3. The summed E-state index contributed by atoms with van der Waals surface area (Å²) < 4.78 is 0. The van der Waals surface area contributed by atoms with Crippen LogP contribution in [-0.2, 0) is 6.42 Å². The number of fused-ring (bicyclic) bond motifs is 1. The molecular formula is C22H31N. The fourth-order valence-electron chi connectivity index (χ4n) is 4.51. The lowest BCUT2D eigenvalue weighted by Gasteiger charge is -2.18. The lowest BCUT2D eigenvalue weighted by atomic mass is 9.88. The van der Waals surface area contributed by atoms with E-state index in [-0.39, 0.29) is 0 Å². The van der Waals surface area contributed by atoms with E-state index in [1.54, 1.807) is 5.56 Å². The third-order valence-corrected chi connectivity index (χ3v) is 5.85. The normalized spacial score (nSPS) is 25.6. The average molecular weight is 309 g/mol. The van der Waals surface area contributed by atoms with Gasteiger partial charge in [0.05, 0.1) is 0 Å². The van der Waals surface area contributed by atoms with Crippen LogP contribution in [0.3, 0.4) is 0 Å². The SMILES string of the molecule is C/C=C/C1(CC)CC1C(C)c1[nH]c2ccccc2c1CC(C)C. The number of H-pyrrole nitrogens is 1. The number of allylic oxidation sites excluding steroid dienone is 2. The quantitative estimate of drug-likeness (QED) is 0.589. The second-order valence-electron chi connectivity index (χ2n) is 7.85. The van der Waals surface area contributed by atoms with E-state index >= 15 is 0 Å². The second kappa shape index (κ2) is 6.19. The molecule has 1 N–H and O–H groups in total. The van der Waals surface area contributed by atoms with Crippen LogP contribution in [0.25, 0.3) is 10.9 Å². The van der Waals surface area contributed by atoms with E-state index < -0.39 is 0 Å². The molecule has 2 aromatic rings. The minimum absolute atomic E-state index is 0.445. The van der Waals surface area contributed by atoms with Crippen molar-refractivity contribution in [2.45, 2.75) is 59.8 Å². The van der Waals surface area contributed by atoms with E-state index in [1.807, 2.05) is 0 Å². The number of hydrogen-bond donors (Lipinski definition) is 1. The fraction of sp³-hybridized carbons (Fsp3) is 0.545. The molecule has 1 heterocycles. The highest BCUT2D eigenvalue weighted by Gasteiger charge is 2.53. The predicted molar refractivity (Wildman–Crippen MR) is 101 cm³/mol. The highest BCUT2D eigenvalue weighted by atomic mass is 14.8. The average Bonchev–Trinajstić information content (AvgIpc) is 3.14. The van der Waals surface area contributed by atoms with Crippen molar-refractivity contribution in [3.05, 3.63) is 47.7 Å². The number of hydrogen-bond acceptors (Lipinski definition) is 0. The molecule has 1 heteroatoms. The standard InChI is InChI=1S/C22H31N/c1-6-12-22(7-2)14-19(22)16(5)21-18(13-15(3)4)17-10-8-9-11-20(17)23-21/h6,8-12,15-16,19,23H,7,13-14H2,1-5H3/b12-6+. The molecule has 3 rings (SSSR count). The van der Waals surface area contributed by atoms with Crippen LogP contribution in [0.1, 0.15) is 64.6 Å². The van der Waals surface area contributed by atoms with Crippen LogP contribution in [-0.4, -0.2) is 4.98 Å². The van der Waals surface area contributed by atoms with Crippen LogP contribution in [0.2, 0.25) is 0 Å². The summed E-state index contributed by atoms with van der Waals surface area (Å²) in [5, 5.41) is 1.43. The van der Waals surface area contributed by atoms with Gasteiger partial charge in [-0.15, -0.1) is 0 Å². The maximum Gasteiger partial charge on any atom is 0.0459 e. The highest BCUT2D eigenvalue weighted by Crippen LogP contribution is 2.62. The van der Waals surface area contributed by atoms with Gasteiger partial charge in [-0.2, -0.15) is 0 Å². The summed E-state index contributed by atoms with van der Waals surface area (Å²) in [7, 11) is 0. The Morgan fingerprint density at radius 1 is 1.26 bits per heavy atom. The second-order valence-corrected chi connectivity index (χ2v) is 7.85. The van der Waals surface area contributed by atoms with Gasteiger partial charge in [0, 0.05) is 22.5 Å². The first kappa shape index (κ1) is 16.4. The molecule has 0 bridgehead atoms. The molecule has 3 unspecified atom stereocenters. The number of aromatic nitrogens is 1. The Morgan fingerprint density at radius 3 is 2.65 bits per heavy atom. The molecule has 1 aliphatic carbocycles. The van der Waals surface area contributed by atoms with E-state index in [2.05, 4.69) is 76.0 Å². The van der Waals surface area contributed by atoms with Gasteiger partial charge in [0.15, 0.2) is 0 Å². The van der Waals surface area contributed by atoms with E-state index in [4.69, 9.17) is 0 Å². The maximum atomic E-state index is 3.77. The van der Waals surface area contributed by atoms with Crippen LogP contribution < -0.4 is 0 Å². The molecular weight excluding hydrogens is 278 g/mol. The zero-order valence-electron chi connectivity index (χ0n) is 15.3. The molecule has 1 nitrogen and oxygen atoms in total. The molecule has 0 amide bonds. The summed E-state index contributed by atoms with van der Waals surface area (Å²) in [6.45, 7) is 11.6. The number of benzene rings is 1. The Hall–Kier alpha value is -1.50. The van der Waals surface area contributed by atoms with Crippen LogP contribution in [0.15, 0.2) is 36.4 Å². The van der Waals surface area contributed by atoms with Crippen molar-refractivity contribution in [1.82, 2.24) is 4.98 Å². The summed E-state index contributed by atoms with van der Waals surface area (Å²) in [5.41, 5.74) is 4.80. The molecule has 1 aromatic heterocycles. The molecule has 0 saturated heterocycles.